The van der Waals surface area contributed by atoms with E-state index in [-0.39, 0.29) is 0 Å². The van der Waals surface area contributed by atoms with E-state index < -0.39 is 11.2 Å². The molecule has 0 rings (SSSR count). The molecule has 0 heterocycles. The predicted octanol–water partition coefficient (Wildman–Crippen LogP) is 0.966. The minimum Gasteiger partial charge on any atom is -0.387 e. The molecule has 0 unspecified atom stereocenters. The summed E-state index contributed by atoms with van der Waals surface area (Å²) in [5, 5.41) is 19.9. The van der Waals surface area contributed by atoms with Crippen molar-refractivity contribution in [3.63, 3.8) is 0 Å². The minimum atomic E-state index is -1.26. The zero-order chi connectivity index (χ0) is 7.00. The van der Waals surface area contributed by atoms with Crippen LogP contribution in [0.15, 0.2) is 0 Å². The van der Waals surface area contributed by atoms with Crippen molar-refractivity contribution in [2.45, 2.75) is 38.9 Å². The van der Waals surface area contributed by atoms with Crippen molar-refractivity contribution in [3.05, 3.63) is 0 Å². The molecule has 0 bridgehead atoms. The largest absolute Gasteiger partial charge is 0.387 e. The van der Waals surface area contributed by atoms with Crippen molar-refractivity contribution < 1.29 is 10.2 Å². The highest BCUT2D eigenvalue weighted by Gasteiger charge is 2.34. The molecule has 0 saturated carbocycles. The van der Waals surface area contributed by atoms with Gasteiger partial charge in [0.25, 0.3) is 0 Å². The Morgan fingerprint density at radius 3 is 1.25 bits per heavy atom. The van der Waals surface area contributed by atoms with Gasteiger partial charge in [-0.05, 0) is 27.7 Å². The van der Waals surface area contributed by atoms with Crippen molar-refractivity contribution >= 4 is 0 Å². The maximum Gasteiger partial charge on any atom is 0.126 e. The van der Waals surface area contributed by atoms with Gasteiger partial charge in [-0.15, -0.1) is 0 Å². The molecule has 0 aromatic heterocycles. The van der Waals surface area contributed by atoms with E-state index in [9.17, 15) is 5.11 Å². The monoisotopic (exact) mass is 117 g/mol. The van der Waals surface area contributed by atoms with E-state index in [0.717, 1.165) is 0 Å². The number of rotatable bonds is 1. The fraction of sp³-hybridized carbons (Fsp3) is 1.00. The smallest absolute Gasteiger partial charge is 0.126 e. The van der Waals surface area contributed by atoms with Crippen LogP contribution in [0.5, 0.6) is 0 Å². The summed E-state index contributed by atoms with van der Waals surface area (Å²) in [5.74, 6) is 0. The fourth-order valence-corrected chi connectivity index (χ4v) is 0. The first-order valence-corrected chi connectivity index (χ1v) is 2.68. The van der Waals surface area contributed by atoms with Gasteiger partial charge in [-0.25, -0.2) is 5.11 Å². The first kappa shape index (κ1) is 7.92. The maximum atomic E-state index is 10.9. The van der Waals surface area contributed by atoms with Gasteiger partial charge in [0.2, 0.25) is 0 Å². The fourth-order valence-electron chi connectivity index (χ4n) is 0. The van der Waals surface area contributed by atoms with Gasteiger partial charge in [0.1, 0.15) is 5.60 Å². The summed E-state index contributed by atoms with van der Waals surface area (Å²) < 4.78 is 0. The van der Waals surface area contributed by atoms with Gasteiger partial charge in [-0.2, -0.15) is 0 Å². The molecular weight excluding hydrogens is 104 g/mol. The summed E-state index contributed by atoms with van der Waals surface area (Å²) in [6.07, 6.45) is 0. The van der Waals surface area contributed by atoms with E-state index >= 15 is 0 Å². The van der Waals surface area contributed by atoms with Crippen LogP contribution in [0.1, 0.15) is 27.7 Å². The highest BCUT2D eigenvalue weighted by molar-refractivity contribution is 4.84. The third kappa shape index (κ3) is 1.80. The SMILES string of the molecule is CC(C)([O])C(C)(C)O. The van der Waals surface area contributed by atoms with Crippen molar-refractivity contribution in [2.24, 2.45) is 0 Å². The Kier molecular flexibility index (Phi) is 1.69. The highest BCUT2D eigenvalue weighted by Crippen LogP contribution is 2.19. The number of aliphatic hydroxyl groups is 1. The van der Waals surface area contributed by atoms with Gasteiger partial charge in [-0.1, -0.05) is 0 Å². The van der Waals surface area contributed by atoms with Gasteiger partial charge in [0, 0.05) is 0 Å². The third-order valence-electron chi connectivity index (χ3n) is 1.47. The standard InChI is InChI=1S/C6H13O2/c1-5(2,7)6(3,4)8/h7H,1-4H3. The van der Waals surface area contributed by atoms with Gasteiger partial charge < -0.3 is 5.11 Å². The molecule has 0 saturated heterocycles. The molecule has 0 atom stereocenters. The quantitative estimate of drug-likeness (QED) is 0.546. The minimum absolute atomic E-state index is 1.12. The number of hydrogen-bond acceptors (Lipinski definition) is 1. The average Bonchev–Trinajstić information content (AvgIpc) is 1.25. The van der Waals surface area contributed by atoms with E-state index in [4.69, 9.17) is 5.11 Å². The molecule has 49 valence electrons. The van der Waals surface area contributed by atoms with Crippen molar-refractivity contribution in [3.8, 4) is 0 Å². The maximum absolute atomic E-state index is 10.9. The highest BCUT2D eigenvalue weighted by atomic mass is 16.3. The van der Waals surface area contributed by atoms with Crippen LogP contribution in [0.25, 0.3) is 0 Å². The Morgan fingerprint density at radius 2 is 1.25 bits per heavy atom. The normalized spacial score (nSPS) is 14.2. The molecule has 0 aliphatic heterocycles. The van der Waals surface area contributed by atoms with Gasteiger partial charge in [0.15, 0.2) is 0 Å². The summed E-state index contributed by atoms with van der Waals surface area (Å²) >= 11 is 0. The Hall–Kier alpha value is -0.0800. The van der Waals surface area contributed by atoms with Crippen LogP contribution in [-0.4, -0.2) is 16.3 Å². The summed E-state index contributed by atoms with van der Waals surface area (Å²) in [6.45, 7) is 5.96. The zero-order valence-electron chi connectivity index (χ0n) is 5.86. The van der Waals surface area contributed by atoms with Crippen molar-refractivity contribution in [1.29, 1.82) is 0 Å². The molecule has 0 aliphatic carbocycles. The van der Waals surface area contributed by atoms with E-state index in [0.29, 0.717) is 0 Å². The van der Waals surface area contributed by atoms with Gasteiger partial charge in [0.05, 0.1) is 5.60 Å². The lowest BCUT2D eigenvalue weighted by Crippen LogP contribution is -2.43. The topological polar surface area (TPSA) is 40.1 Å². The average molecular weight is 117 g/mol. The van der Waals surface area contributed by atoms with E-state index in [1.165, 1.54) is 27.7 Å². The second kappa shape index (κ2) is 1.71. The molecule has 0 aromatic carbocycles. The van der Waals surface area contributed by atoms with Gasteiger partial charge >= 0.3 is 0 Å². The first-order valence-electron chi connectivity index (χ1n) is 2.68. The zero-order valence-corrected chi connectivity index (χ0v) is 5.86. The molecule has 0 fully saturated rings. The Bertz CT molecular complexity index is 61.5. The summed E-state index contributed by atoms with van der Waals surface area (Å²) in [7, 11) is 0. The molecule has 1 N–H and O–H groups in total. The summed E-state index contributed by atoms with van der Waals surface area (Å²) in [6, 6.07) is 0. The predicted molar refractivity (Wildman–Crippen MR) is 31.1 cm³/mol. The molecule has 0 aliphatic rings. The third-order valence-corrected chi connectivity index (χ3v) is 1.47. The van der Waals surface area contributed by atoms with E-state index in [1.54, 1.807) is 0 Å². The van der Waals surface area contributed by atoms with E-state index in [1.807, 2.05) is 0 Å². The molecule has 0 spiro atoms. The molecule has 2 heteroatoms. The Morgan fingerprint density at radius 1 is 1.12 bits per heavy atom. The number of hydrogen-bond donors (Lipinski definition) is 1. The van der Waals surface area contributed by atoms with Crippen molar-refractivity contribution in [1.82, 2.24) is 0 Å². The Balaban J connectivity index is 4.02. The summed E-state index contributed by atoms with van der Waals surface area (Å²) in [5.41, 5.74) is -2.37. The van der Waals surface area contributed by atoms with Crippen LogP contribution in [0.4, 0.5) is 0 Å². The second-order valence-electron chi connectivity index (χ2n) is 3.07. The molecule has 0 aromatic rings. The van der Waals surface area contributed by atoms with Crippen molar-refractivity contribution in [2.75, 3.05) is 0 Å². The lowest BCUT2D eigenvalue weighted by Gasteiger charge is -2.28. The molecule has 1 radical (unpaired) electrons. The molecular formula is C6H13O2. The Labute approximate surface area is 50.2 Å². The lowest BCUT2D eigenvalue weighted by molar-refractivity contribution is -0.144. The second-order valence-corrected chi connectivity index (χ2v) is 3.07. The van der Waals surface area contributed by atoms with Gasteiger partial charge in [-0.3, -0.25) is 0 Å². The van der Waals surface area contributed by atoms with Crippen LogP contribution in [-0.2, 0) is 5.11 Å². The van der Waals surface area contributed by atoms with Crippen LogP contribution in [0, 0.1) is 0 Å². The lowest BCUT2D eigenvalue weighted by atomic mass is 9.90. The van der Waals surface area contributed by atoms with E-state index in [2.05, 4.69) is 0 Å². The molecule has 8 heavy (non-hydrogen) atoms. The van der Waals surface area contributed by atoms with Crippen LogP contribution in [0.3, 0.4) is 0 Å². The van der Waals surface area contributed by atoms with Crippen LogP contribution < -0.4 is 0 Å². The molecule has 2 nitrogen and oxygen atoms in total. The first-order chi connectivity index (χ1) is 3.25. The molecule has 0 amide bonds. The van der Waals surface area contributed by atoms with Crippen LogP contribution in [0.2, 0.25) is 0 Å². The van der Waals surface area contributed by atoms with Crippen LogP contribution >= 0.6 is 0 Å². The summed E-state index contributed by atoms with van der Waals surface area (Å²) in [4.78, 5) is 0.